The van der Waals surface area contributed by atoms with Gasteiger partial charge >= 0.3 is 12.1 Å². The number of ether oxygens (including phenoxy) is 1. The highest BCUT2D eigenvalue weighted by Crippen LogP contribution is 2.22. The molecule has 0 aliphatic heterocycles. The number of aliphatic carboxylic acids is 1. The molecule has 2 amide bonds. The summed E-state index contributed by atoms with van der Waals surface area (Å²) >= 11 is 0. The predicted molar refractivity (Wildman–Crippen MR) is 112 cm³/mol. The number of rotatable bonds is 6. The van der Waals surface area contributed by atoms with Crippen LogP contribution in [0.2, 0.25) is 0 Å². The Morgan fingerprint density at radius 1 is 1.07 bits per heavy atom. The van der Waals surface area contributed by atoms with Crippen LogP contribution in [-0.4, -0.2) is 39.8 Å². The Balaban J connectivity index is 2.04. The van der Waals surface area contributed by atoms with Gasteiger partial charge in [-0.2, -0.15) is 0 Å². The fourth-order valence-corrected chi connectivity index (χ4v) is 2.75. The second-order valence-electron chi connectivity index (χ2n) is 7.86. The summed E-state index contributed by atoms with van der Waals surface area (Å²) in [5.74, 6) is -1.75. The Hall–Kier alpha value is -3.55. The number of phenols is 1. The van der Waals surface area contributed by atoms with Gasteiger partial charge in [0.05, 0.1) is 5.56 Å². The Kier molecular flexibility index (Phi) is 7.05. The maximum Gasteiger partial charge on any atom is 0.408 e. The van der Waals surface area contributed by atoms with Crippen molar-refractivity contribution in [1.82, 2.24) is 5.32 Å². The number of hydrogen-bond acceptors (Lipinski definition) is 5. The van der Waals surface area contributed by atoms with E-state index in [1.807, 2.05) is 0 Å². The Morgan fingerprint density at radius 2 is 1.70 bits per heavy atom. The highest BCUT2D eigenvalue weighted by atomic mass is 16.6. The maximum absolute atomic E-state index is 12.4. The van der Waals surface area contributed by atoms with Crippen LogP contribution >= 0.6 is 0 Å². The van der Waals surface area contributed by atoms with Crippen LogP contribution in [0.5, 0.6) is 5.75 Å². The van der Waals surface area contributed by atoms with Crippen molar-refractivity contribution in [2.45, 2.75) is 45.8 Å². The summed E-state index contributed by atoms with van der Waals surface area (Å²) in [6.45, 7) is 6.78. The quantitative estimate of drug-likeness (QED) is 0.574. The third-order valence-electron chi connectivity index (χ3n) is 4.12. The molecule has 2 rings (SSSR count). The van der Waals surface area contributed by atoms with Crippen LogP contribution < -0.4 is 10.6 Å². The normalized spacial score (nSPS) is 12.0. The van der Waals surface area contributed by atoms with E-state index in [1.165, 1.54) is 6.07 Å². The zero-order chi connectivity index (χ0) is 22.5. The van der Waals surface area contributed by atoms with Gasteiger partial charge in [0.2, 0.25) is 0 Å². The molecule has 30 heavy (non-hydrogen) atoms. The van der Waals surface area contributed by atoms with Crippen LogP contribution in [0.25, 0.3) is 0 Å². The molecule has 8 heteroatoms. The zero-order valence-corrected chi connectivity index (χ0v) is 17.4. The summed E-state index contributed by atoms with van der Waals surface area (Å²) in [5.41, 5.74) is 1.22. The molecule has 0 unspecified atom stereocenters. The lowest BCUT2D eigenvalue weighted by atomic mass is 10.0. The van der Waals surface area contributed by atoms with Gasteiger partial charge in [-0.15, -0.1) is 0 Å². The van der Waals surface area contributed by atoms with Crippen molar-refractivity contribution in [3.8, 4) is 5.75 Å². The van der Waals surface area contributed by atoms with Gasteiger partial charge in [-0.3, -0.25) is 4.79 Å². The number of phenolic OH excluding ortho intramolecular Hbond substituents is 1. The first-order chi connectivity index (χ1) is 14.0. The van der Waals surface area contributed by atoms with E-state index in [0.717, 1.165) is 0 Å². The fraction of sp³-hybridized carbons (Fsp3) is 0.318. The molecule has 0 aliphatic carbocycles. The highest BCUT2D eigenvalue weighted by molar-refractivity contribution is 6.07. The molecule has 1 atom stereocenters. The molecule has 160 valence electrons. The number of alkyl carbamates (subject to hydrolysis) is 1. The summed E-state index contributed by atoms with van der Waals surface area (Å²) in [5, 5.41) is 24.3. The van der Waals surface area contributed by atoms with Gasteiger partial charge in [-0.05, 0) is 57.0 Å². The first kappa shape index (κ1) is 22.7. The maximum atomic E-state index is 12.4. The van der Waals surface area contributed by atoms with Crippen LogP contribution in [0.3, 0.4) is 0 Å². The summed E-state index contributed by atoms with van der Waals surface area (Å²) < 4.78 is 5.10. The minimum absolute atomic E-state index is 0.0430. The van der Waals surface area contributed by atoms with Crippen LogP contribution in [0.15, 0.2) is 42.5 Å². The molecular formula is C22H26N2O6. The summed E-state index contributed by atoms with van der Waals surface area (Å²) in [7, 11) is 0. The molecular weight excluding hydrogens is 388 g/mol. The molecule has 0 aromatic heterocycles. The molecule has 8 nitrogen and oxygen atoms in total. The van der Waals surface area contributed by atoms with Crippen LogP contribution in [0, 0.1) is 6.92 Å². The molecule has 0 fully saturated rings. The number of carbonyl (C=O) groups is 3. The second-order valence-corrected chi connectivity index (χ2v) is 7.86. The molecule has 0 saturated heterocycles. The van der Waals surface area contributed by atoms with Crippen LogP contribution in [0.1, 0.15) is 42.3 Å². The third-order valence-corrected chi connectivity index (χ3v) is 4.12. The van der Waals surface area contributed by atoms with E-state index in [0.29, 0.717) is 16.8 Å². The molecule has 2 aromatic rings. The molecule has 0 saturated carbocycles. The van der Waals surface area contributed by atoms with Crippen molar-refractivity contribution in [3.63, 3.8) is 0 Å². The van der Waals surface area contributed by atoms with E-state index in [4.69, 9.17) is 4.74 Å². The summed E-state index contributed by atoms with van der Waals surface area (Å²) in [6.07, 6.45) is -0.765. The number of carboxylic acid groups (broad SMARTS) is 1. The predicted octanol–water partition coefficient (Wildman–Crippen LogP) is 3.47. The highest BCUT2D eigenvalue weighted by Gasteiger charge is 2.24. The van der Waals surface area contributed by atoms with Crippen molar-refractivity contribution < 1.29 is 29.3 Å². The minimum atomic E-state index is -1.19. The Morgan fingerprint density at radius 3 is 2.23 bits per heavy atom. The number of hydrogen-bond donors (Lipinski definition) is 4. The van der Waals surface area contributed by atoms with Gasteiger partial charge in [0.15, 0.2) is 0 Å². The van der Waals surface area contributed by atoms with Crippen molar-refractivity contribution in [2.24, 2.45) is 0 Å². The van der Waals surface area contributed by atoms with Crippen LogP contribution in [0.4, 0.5) is 10.5 Å². The average Bonchev–Trinajstić information content (AvgIpc) is 2.61. The molecule has 0 aliphatic rings. The van der Waals surface area contributed by atoms with Gasteiger partial charge in [-0.1, -0.05) is 24.3 Å². The fourth-order valence-electron chi connectivity index (χ4n) is 2.75. The van der Waals surface area contributed by atoms with Crippen molar-refractivity contribution >= 4 is 23.7 Å². The van der Waals surface area contributed by atoms with E-state index >= 15 is 0 Å². The largest absolute Gasteiger partial charge is 0.507 e. The first-order valence-corrected chi connectivity index (χ1v) is 9.37. The average molecular weight is 414 g/mol. The van der Waals surface area contributed by atoms with Crippen molar-refractivity contribution in [3.05, 3.63) is 59.2 Å². The van der Waals surface area contributed by atoms with Gasteiger partial charge in [0.25, 0.3) is 5.91 Å². The number of amides is 2. The lowest BCUT2D eigenvalue weighted by Crippen LogP contribution is -2.44. The molecule has 0 spiro atoms. The number of aryl methyl sites for hydroxylation is 1. The lowest BCUT2D eigenvalue weighted by molar-refractivity contribution is -0.139. The number of carboxylic acids is 1. The Labute approximate surface area is 174 Å². The molecule has 0 heterocycles. The second kappa shape index (κ2) is 9.30. The SMILES string of the molecule is Cc1cccc(O)c1C(=O)Nc1ccc(C[C@H](NC(=O)OC(C)(C)C)C(=O)O)cc1. The molecule has 0 bridgehead atoms. The van der Waals surface area contributed by atoms with Crippen LogP contribution in [-0.2, 0) is 16.0 Å². The van der Waals surface area contributed by atoms with Gasteiger partial charge in [0, 0.05) is 12.1 Å². The number of benzene rings is 2. The minimum Gasteiger partial charge on any atom is -0.507 e. The van der Waals surface area contributed by atoms with Crippen molar-refractivity contribution in [1.29, 1.82) is 0 Å². The van der Waals surface area contributed by atoms with Gasteiger partial charge in [-0.25, -0.2) is 9.59 Å². The van der Waals surface area contributed by atoms with E-state index in [1.54, 1.807) is 64.1 Å². The summed E-state index contributed by atoms with van der Waals surface area (Å²) in [4.78, 5) is 35.8. The standard InChI is InChI=1S/C22H26N2O6/c1-13-6-5-7-17(25)18(13)19(26)23-15-10-8-14(9-11-15)12-16(20(27)28)24-21(29)30-22(2,3)4/h5-11,16,25H,12H2,1-4H3,(H,23,26)(H,24,29)(H,27,28)/t16-/m0/s1. The third kappa shape index (κ3) is 6.51. The lowest BCUT2D eigenvalue weighted by Gasteiger charge is -2.22. The molecule has 4 N–H and O–H groups in total. The van der Waals surface area contributed by atoms with E-state index in [-0.39, 0.29) is 17.7 Å². The zero-order valence-electron chi connectivity index (χ0n) is 17.4. The number of anilines is 1. The Bertz CT molecular complexity index is 911. The van der Waals surface area contributed by atoms with Gasteiger partial charge < -0.3 is 25.6 Å². The van der Waals surface area contributed by atoms with E-state index < -0.39 is 29.6 Å². The van der Waals surface area contributed by atoms with Gasteiger partial charge in [0.1, 0.15) is 17.4 Å². The summed E-state index contributed by atoms with van der Waals surface area (Å²) in [6, 6.07) is 10.2. The van der Waals surface area contributed by atoms with E-state index in [2.05, 4.69) is 10.6 Å². The number of aromatic hydroxyl groups is 1. The topological polar surface area (TPSA) is 125 Å². The smallest absolute Gasteiger partial charge is 0.408 e. The van der Waals surface area contributed by atoms with E-state index in [9.17, 15) is 24.6 Å². The first-order valence-electron chi connectivity index (χ1n) is 9.37. The number of carbonyl (C=O) groups excluding carboxylic acids is 2. The molecule has 0 radical (unpaired) electrons. The van der Waals surface area contributed by atoms with Crippen molar-refractivity contribution in [2.75, 3.05) is 5.32 Å². The number of nitrogens with one attached hydrogen (secondary N) is 2. The monoisotopic (exact) mass is 414 g/mol. The molecule has 2 aromatic carbocycles.